The number of benzene rings is 2. The molecule has 1 heterocycles. The molecule has 3 rings (SSSR count). The molecule has 0 bridgehead atoms. The minimum Gasteiger partial charge on any atom is -0.481 e. The van der Waals surface area contributed by atoms with Gasteiger partial charge in [0.25, 0.3) is 0 Å². The van der Waals surface area contributed by atoms with E-state index in [1.54, 1.807) is 6.07 Å². The molecule has 3 nitrogen and oxygen atoms in total. The summed E-state index contributed by atoms with van der Waals surface area (Å²) >= 11 is 0. The second-order valence-corrected chi connectivity index (χ2v) is 6.75. The van der Waals surface area contributed by atoms with E-state index in [2.05, 4.69) is 0 Å². The third-order valence-electron chi connectivity index (χ3n) is 4.88. The van der Waals surface area contributed by atoms with Crippen molar-refractivity contribution >= 4 is 5.97 Å². The van der Waals surface area contributed by atoms with E-state index in [9.17, 15) is 27.5 Å². The van der Waals surface area contributed by atoms with Gasteiger partial charge in [-0.25, -0.2) is 4.39 Å². The normalized spacial score (nSPS) is 19.6. The van der Waals surface area contributed by atoms with Gasteiger partial charge < -0.3 is 5.11 Å². The summed E-state index contributed by atoms with van der Waals surface area (Å²) in [7, 11) is 0. The number of aliphatic carboxylic acids is 1. The van der Waals surface area contributed by atoms with Crippen molar-refractivity contribution in [3.05, 3.63) is 71.0 Å². The Morgan fingerprint density at radius 2 is 1.81 bits per heavy atom. The van der Waals surface area contributed by atoms with E-state index in [4.69, 9.17) is 0 Å². The first-order chi connectivity index (χ1) is 12.8. The number of hydrogen-bond donors (Lipinski definition) is 1. The van der Waals surface area contributed by atoms with Crippen LogP contribution in [0.4, 0.5) is 17.6 Å². The van der Waals surface area contributed by atoms with Crippen LogP contribution in [0.3, 0.4) is 0 Å². The zero-order valence-electron chi connectivity index (χ0n) is 14.4. The third-order valence-corrected chi connectivity index (χ3v) is 4.88. The molecule has 7 heteroatoms. The Hall–Kier alpha value is -2.41. The first-order valence-corrected chi connectivity index (χ1v) is 8.65. The van der Waals surface area contributed by atoms with E-state index >= 15 is 0 Å². The highest BCUT2D eigenvalue weighted by Gasteiger charge is 2.34. The first-order valence-electron chi connectivity index (χ1n) is 8.65. The summed E-state index contributed by atoms with van der Waals surface area (Å²) in [5.74, 6) is -1.93. The van der Waals surface area contributed by atoms with Crippen LogP contribution in [0.1, 0.15) is 35.6 Å². The van der Waals surface area contributed by atoms with Crippen molar-refractivity contribution in [3.63, 3.8) is 0 Å². The van der Waals surface area contributed by atoms with Gasteiger partial charge >= 0.3 is 12.1 Å². The maximum atomic E-state index is 13.3. The number of halogens is 4. The van der Waals surface area contributed by atoms with Gasteiger partial charge in [0.15, 0.2) is 0 Å². The number of rotatable bonds is 4. The molecule has 1 N–H and O–H groups in total. The molecule has 0 aliphatic carbocycles. The van der Waals surface area contributed by atoms with Crippen molar-refractivity contribution in [1.82, 2.24) is 4.90 Å². The van der Waals surface area contributed by atoms with Crippen molar-refractivity contribution in [2.45, 2.75) is 25.1 Å². The lowest BCUT2D eigenvalue weighted by atomic mass is 9.91. The molecule has 2 atom stereocenters. The molecule has 0 aromatic heterocycles. The van der Waals surface area contributed by atoms with Crippen LogP contribution < -0.4 is 0 Å². The van der Waals surface area contributed by atoms with Crippen molar-refractivity contribution in [1.29, 1.82) is 0 Å². The predicted molar refractivity (Wildman–Crippen MR) is 91.6 cm³/mol. The van der Waals surface area contributed by atoms with Gasteiger partial charge in [-0.1, -0.05) is 24.3 Å². The molecule has 0 saturated carbocycles. The first kappa shape index (κ1) is 19.4. The number of carbonyl (C=O) groups is 1. The molecule has 1 aliphatic heterocycles. The lowest BCUT2D eigenvalue weighted by molar-refractivity contribution is -0.143. The molecular formula is C20H19F4NO2. The molecule has 2 unspecified atom stereocenters. The van der Waals surface area contributed by atoms with E-state index in [1.807, 2.05) is 4.90 Å². The number of carboxylic acid groups (broad SMARTS) is 1. The average Bonchev–Trinajstić information content (AvgIpc) is 2.63. The van der Waals surface area contributed by atoms with Crippen LogP contribution in [0, 0.1) is 11.7 Å². The lowest BCUT2D eigenvalue weighted by Crippen LogP contribution is -2.41. The largest absolute Gasteiger partial charge is 0.481 e. The van der Waals surface area contributed by atoms with Gasteiger partial charge in [0.1, 0.15) is 5.82 Å². The Morgan fingerprint density at radius 1 is 1.11 bits per heavy atom. The molecule has 1 aliphatic rings. The van der Waals surface area contributed by atoms with Crippen LogP contribution in [0.25, 0.3) is 0 Å². The Labute approximate surface area is 154 Å². The molecule has 0 amide bonds. The second-order valence-electron chi connectivity index (χ2n) is 6.75. The fourth-order valence-electron chi connectivity index (χ4n) is 3.59. The fourth-order valence-corrected chi connectivity index (χ4v) is 3.59. The summed E-state index contributed by atoms with van der Waals surface area (Å²) in [4.78, 5) is 13.3. The number of carboxylic acids is 1. The smallest absolute Gasteiger partial charge is 0.416 e. The third kappa shape index (κ3) is 4.47. The zero-order valence-corrected chi connectivity index (χ0v) is 14.4. The van der Waals surface area contributed by atoms with Gasteiger partial charge in [-0.2, -0.15) is 13.2 Å². The Morgan fingerprint density at radius 3 is 2.44 bits per heavy atom. The van der Waals surface area contributed by atoms with Gasteiger partial charge in [-0.3, -0.25) is 9.69 Å². The molecule has 1 fully saturated rings. The van der Waals surface area contributed by atoms with Crippen LogP contribution in [0.5, 0.6) is 0 Å². The van der Waals surface area contributed by atoms with Gasteiger partial charge in [0.2, 0.25) is 0 Å². The highest BCUT2D eigenvalue weighted by atomic mass is 19.4. The SMILES string of the molecule is O=C(O)C1CCCN(C(c2ccc(F)cc2)c2cccc(C(F)(F)F)c2)C1. The molecule has 27 heavy (non-hydrogen) atoms. The monoisotopic (exact) mass is 381 g/mol. The van der Waals surface area contributed by atoms with Crippen LogP contribution in [0.2, 0.25) is 0 Å². The highest BCUT2D eigenvalue weighted by molar-refractivity contribution is 5.70. The standard InChI is InChI=1S/C20H19F4NO2/c21-17-8-6-13(7-9-17)18(25-10-2-4-15(12-25)19(26)27)14-3-1-5-16(11-14)20(22,23)24/h1,3,5-9,11,15,18H,2,4,10,12H2,(H,26,27). The molecule has 1 saturated heterocycles. The Balaban J connectivity index is 2.03. The minimum absolute atomic E-state index is 0.230. The number of alkyl halides is 3. The average molecular weight is 381 g/mol. The summed E-state index contributed by atoms with van der Waals surface area (Å²) < 4.78 is 52.8. The Kier molecular flexibility index (Phi) is 5.51. The number of piperidine rings is 1. The predicted octanol–water partition coefficient (Wildman–Crippen LogP) is 4.73. The number of nitrogens with zero attached hydrogens (tertiary/aromatic N) is 1. The zero-order chi connectivity index (χ0) is 19.6. The molecule has 2 aromatic rings. The summed E-state index contributed by atoms with van der Waals surface area (Å²) in [5.41, 5.74) is 0.267. The van der Waals surface area contributed by atoms with E-state index in [-0.39, 0.29) is 6.54 Å². The summed E-state index contributed by atoms with van der Waals surface area (Å²) in [6.07, 6.45) is -3.31. The highest BCUT2D eigenvalue weighted by Crippen LogP contribution is 2.36. The molecule has 2 aromatic carbocycles. The van der Waals surface area contributed by atoms with Crippen LogP contribution >= 0.6 is 0 Å². The van der Waals surface area contributed by atoms with E-state index < -0.39 is 35.5 Å². The topological polar surface area (TPSA) is 40.5 Å². The second kappa shape index (κ2) is 7.68. The van der Waals surface area contributed by atoms with Gasteiger partial charge in [0, 0.05) is 6.54 Å². The minimum atomic E-state index is -4.48. The van der Waals surface area contributed by atoms with Crippen molar-refractivity contribution < 1.29 is 27.5 Å². The van der Waals surface area contributed by atoms with Crippen LogP contribution in [0.15, 0.2) is 48.5 Å². The van der Waals surface area contributed by atoms with Crippen molar-refractivity contribution in [3.8, 4) is 0 Å². The summed E-state index contributed by atoms with van der Waals surface area (Å²) in [5, 5.41) is 9.34. The van der Waals surface area contributed by atoms with Crippen molar-refractivity contribution in [2.24, 2.45) is 5.92 Å². The maximum absolute atomic E-state index is 13.3. The lowest BCUT2D eigenvalue weighted by Gasteiger charge is -2.37. The summed E-state index contributed by atoms with van der Waals surface area (Å²) in [6, 6.07) is 10.0. The summed E-state index contributed by atoms with van der Waals surface area (Å²) in [6.45, 7) is 0.787. The maximum Gasteiger partial charge on any atom is 0.416 e. The van der Waals surface area contributed by atoms with Gasteiger partial charge in [-0.15, -0.1) is 0 Å². The van der Waals surface area contributed by atoms with Crippen LogP contribution in [-0.4, -0.2) is 29.1 Å². The molecule has 0 spiro atoms. The van der Waals surface area contributed by atoms with E-state index in [1.165, 1.54) is 30.3 Å². The number of hydrogen-bond acceptors (Lipinski definition) is 2. The van der Waals surface area contributed by atoms with E-state index in [0.29, 0.717) is 30.5 Å². The van der Waals surface area contributed by atoms with Crippen molar-refractivity contribution in [2.75, 3.05) is 13.1 Å². The van der Waals surface area contributed by atoms with E-state index in [0.717, 1.165) is 12.1 Å². The van der Waals surface area contributed by atoms with Gasteiger partial charge in [0.05, 0.1) is 17.5 Å². The molecule has 144 valence electrons. The Bertz CT molecular complexity index is 804. The molecule has 0 radical (unpaired) electrons. The van der Waals surface area contributed by atoms with Gasteiger partial charge in [-0.05, 0) is 54.8 Å². The van der Waals surface area contributed by atoms with Crippen LogP contribution in [-0.2, 0) is 11.0 Å². The number of likely N-dealkylation sites (tertiary alicyclic amines) is 1. The molecular weight excluding hydrogens is 362 g/mol. The quantitative estimate of drug-likeness (QED) is 0.779. The fraction of sp³-hybridized carbons (Fsp3) is 0.350.